The van der Waals surface area contributed by atoms with E-state index in [-0.39, 0.29) is 6.42 Å². The third-order valence-corrected chi connectivity index (χ3v) is 1.24. The third kappa shape index (κ3) is 4.05. The fourth-order valence-corrected chi connectivity index (χ4v) is 0.556. The van der Waals surface area contributed by atoms with Crippen molar-refractivity contribution < 1.29 is 25.2 Å². The van der Waals surface area contributed by atoms with E-state index in [1.807, 2.05) is 0 Å². The molecule has 11 heavy (non-hydrogen) atoms. The van der Waals surface area contributed by atoms with Crippen LogP contribution in [-0.2, 0) is 4.79 Å². The quantitative estimate of drug-likeness (QED) is 0.365. The Morgan fingerprint density at radius 2 is 1.73 bits per heavy atom. The first-order chi connectivity index (χ1) is 5.11. The Hall–Kier alpha value is -0.490. The molecule has 5 nitrogen and oxygen atoms in total. The van der Waals surface area contributed by atoms with Gasteiger partial charge in [-0.1, -0.05) is 0 Å². The molecule has 0 aliphatic carbocycles. The maximum Gasteiger partial charge on any atom is 0.160 e. The second-order valence-corrected chi connectivity index (χ2v) is 2.22. The molecule has 0 bridgehead atoms. The Morgan fingerprint density at radius 1 is 1.18 bits per heavy atom. The molecule has 0 radical (unpaired) electrons. The third-order valence-electron chi connectivity index (χ3n) is 1.24. The van der Waals surface area contributed by atoms with E-state index in [4.69, 9.17) is 20.4 Å². The fourth-order valence-electron chi connectivity index (χ4n) is 0.556. The average molecular weight is 164 g/mol. The first kappa shape index (κ1) is 10.5. The van der Waals surface area contributed by atoms with Gasteiger partial charge in [-0.05, 0) is 0 Å². The number of rotatable bonds is 5. The number of carbonyl (C=O) groups excluding carboxylic acids is 1. The summed E-state index contributed by atoms with van der Waals surface area (Å²) in [6.07, 6.45) is -2.94. The highest BCUT2D eigenvalue weighted by molar-refractivity contribution is 5.79. The zero-order valence-corrected chi connectivity index (χ0v) is 5.97. The summed E-state index contributed by atoms with van der Waals surface area (Å²) in [5, 5.41) is 34.2. The number of hydrogen-bond donors (Lipinski definition) is 4. The van der Waals surface area contributed by atoms with Crippen molar-refractivity contribution in [2.75, 3.05) is 13.2 Å². The van der Waals surface area contributed by atoms with Gasteiger partial charge in [-0.2, -0.15) is 0 Å². The summed E-state index contributed by atoms with van der Waals surface area (Å²) < 4.78 is 0. The first-order valence-electron chi connectivity index (χ1n) is 3.21. The summed E-state index contributed by atoms with van der Waals surface area (Å²) in [6, 6.07) is 0. The molecule has 4 N–H and O–H groups in total. The van der Waals surface area contributed by atoms with E-state index < -0.39 is 31.2 Å². The molecule has 0 spiro atoms. The van der Waals surface area contributed by atoms with Gasteiger partial charge in [0.15, 0.2) is 5.78 Å². The molecule has 0 aromatic rings. The van der Waals surface area contributed by atoms with Crippen molar-refractivity contribution in [3.05, 3.63) is 0 Å². The standard InChI is InChI=1S/C6H12O5/c7-2-4(9)1-5(10)6(11)3-8/h5-8,10-11H,1-3H2/t5-,6+/m1/s1. The fraction of sp³-hybridized carbons (Fsp3) is 0.833. The van der Waals surface area contributed by atoms with Crippen LogP contribution in [0.5, 0.6) is 0 Å². The molecule has 0 saturated carbocycles. The van der Waals surface area contributed by atoms with E-state index in [1.165, 1.54) is 0 Å². The largest absolute Gasteiger partial charge is 0.394 e. The molecule has 0 amide bonds. The lowest BCUT2D eigenvalue weighted by molar-refractivity contribution is -0.126. The van der Waals surface area contributed by atoms with Crippen molar-refractivity contribution in [3.63, 3.8) is 0 Å². The molecule has 0 aliphatic rings. The summed E-state index contributed by atoms with van der Waals surface area (Å²) in [5.41, 5.74) is 0. The minimum atomic E-state index is -1.31. The molecule has 0 unspecified atom stereocenters. The zero-order valence-electron chi connectivity index (χ0n) is 5.97. The van der Waals surface area contributed by atoms with Gasteiger partial charge in [-0.25, -0.2) is 0 Å². The Labute approximate surface area is 63.9 Å². The van der Waals surface area contributed by atoms with Gasteiger partial charge in [0.2, 0.25) is 0 Å². The van der Waals surface area contributed by atoms with Crippen molar-refractivity contribution in [3.8, 4) is 0 Å². The van der Waals surface area contributed by atoms with Crippen molar-refractivity contribution in [1.29, 1.82) is 0 Å². The summed E-state index contributed by atoms with van der Waals surface area (Å²) in [6.45, 7) is -1.25. The molecule has 66 valence electrons. The topological polar surface area (TPSA) is 98.0 Å². The molecule has 0 saturated heterocycles. The molecule has 0 aromatic carbocycles. The molecule has 0 aliphatic heterocycles. The van der Waals surface area contributed by atoms with Crippen LogP contribution in [0.4, 0.5) is 0 Å². The van der Waals surface area contributed by atoms with Crippen molar-refractivity contribution in [2.24, 2.45) is 0 Å². The second-order valence-electron chi connectivity index (χ2n) is 2.22. The highest BCUT2D eigenvalue weighted by Crippen LogP contribution is 1.98. The van der Waals surface area contributed by atoms with Gasteiger partial charge in [-0.15, -0.1) is 0 Å². The summed E-state index contributed by atoms with van der Waals surface area (Å²) >= 11 is 0. The Bertz CT molecular complexity index is 124. The SMILES string of the molecule is O=C(CO)C[C@@H](O)[C@@H](O)CO. The van der Waals surface area contributed by atoms with Gasteiger partial charge in [-0.3, -0.25) is 4.79 Å². The van der Waals surface area contributed by atoms with Crippen LogP contribution in [0.15, 0.2) is 0 Å². The summed E-state index contributed by atoms with van der Waals surface area (Å²) in [7, 11) is 0. The number of hydrogen-bond acceptors (Lipinski definition) is 5. The zero-order chi connectivity index (χ0) is 8.85. The lowest BCUT2D eigenvalue weighted by atomic mass is 10.1. The van der Waals surface area contributed by atoms with Crippen LogP contribution < -0.4 is 0 Å². The van der Waals surface area contributed by atoms with Crippen LogP contribution in [0.3, 0.4) is 0 Å². The van der Waals surface area contributed by atoms with E-state index >= 15 is 0 Å². The molecular weight excluding hydrogens is 152 g/mol. The van der Waals surface area contributed by atoms with Crippen LogP contribution >= 0.6 is 0 Å². The van der Waals surface area contributed by atoms with E-state index in [0.29, 0.717) is 0 Å². The lowest BCUT2D eigenvalue weighted by Gasteiger charge is -2.13. The van der Waals surface area contributed by atoms with E-state index in [0.717, 1.165) is 0 Å². The Kier molecular flexibility index (Phi) is 4.97. The molecular formula is C6H12O5. The van der Waals surface area contributed by atoms with Crippen LogP contribution in [0.1, 0.15) is 6.42 Å². The first-order valence-corrected chi connectivity index (χ1v) is 3.21. The molecule has 0 aromatic heterocycles. The van der Waals surface area contributed by atoms with Crippen molar-refractivity contribution in [1.82, 2.24) is 0 Å². The van der Waals surface area contributed by atoms with Gasteiger partial charge >= 0.3 is 0 Å². The van der Waals surface area contributed by atoms with Crippen molar-refractivity contribution >= 4 is 5.78 Å². The molecule has 2 atom stereocenters. The van der Waals surface area contributed by atoms with Crippen LogP contribution in [-0.4, -0.2) is 51.6 Å². The second kappa shape index (κ2) is 5.20. The smallest absolute Gasteiger partial charge is 0.160 e. The van der Waals surface area contributed by atoms with Gasteiger partial charge < -0.3 is 20.4 Å². The monoisotopic (exact) mass is 164 g/mol. The normalized spacial score (nSPS) is 16.0. The number of carbonyl (C=O) groups is 1. The number of aliphatic hydroxyl groups is 4. The molecule has 0 rings (SSSR count). The van der Waals surface area contributed by atoms with Crippen molar-refractivity contribution in [2.45, 2.75) is 18.6 Å². The Morgan fingerprint density at radius 3 is 2.09 bits per heavy atom. The average Bonchev–Trinajstić information content (AvgIpc) is 2.02. The van der Waals surface area contributed by atoms with E-state index in [2.05, 4.69) is 0 Å². The maximum atomic E-state index is 10.4. The summed E-state index contributed by atoms with van der Waals surface area (Å²) in [5.74, 6) is -0.565. The molecule has 0 fully saturated rings. The van der Waals surface area contributed by atoms with Gasteiger partial charge in [0.05, 0.1) is 12.7 Å². The van der Waals surface area contributed by atoms with Crippen LogP contribution in [0.25, 0.3) is 0 Å². The minimum absolute atomic E-state index is 0.335. The van der Waals surface area contributed by atoms with E-state index in [1.54, 1.807) is 0 Å². The maximum absolute atomic E-state index is 10.4. The van der Waals surface area contributed by atoms with Gasteiger partial charge in [0, 0.05) is 6.42 Å². The number of ketones is 1. The number of aliphatic hydroxyl groups excluding tert-OH is 4. The number of Topliss-reactive ketones (excluding diaryl/α,β-unsaturated/α-hetero) is 1. The molecule has 5 heteroatoms. The van der Waals surface area contributed by atoms with E-state index in [9.17, 15) is 4.79 Å². The lowest BCUT2D eigenvalue weighted by Crippen LogP contribution is -2.31. The van der Waals surface area contributed by atoms with Gasteiger partial charge in [0.25, 0.3) is 0 Å². The minimum Gasteiger partial charge on any atom is -0.394 e. The summed E-state index contributed by atoms with van der Waals surface area (Å²) in [4.78, 5) is 10.4. The van der Waals surface area contributed by atoms with Crippen LogP contribution in [0, 0.1) is 0 Å². The molecule has 0 heterocycles. The highest BCUT2D eigenvalue weighted by Gasteiger charge is 2.17. The predicted molar refractivity (Wildman–Crippen MR) is 35.8 cm³/mol. The predicted octanol–water partition coefficient (Wildman–Crippen LogP) is -2.35. The van der Waals surface area contributed by atoms with Gasteiger partial charge in [0.1, 0.15) is 12.7 Å². The van der Waals surface area contributed by atoms with Crippen LogP contribution in [0.2, 0.25) is 0 Å². The highest BCUT2D eigenvalue weighted by atomic mass is 16.4. The Balaban J connectivity index is 3.67.